The summed E-state index contributed by atoms with van der Waals surface area (Å²) in [6, 6.07) is 0. The molecule has 0 radical (unpaired) electrons. The fraction of sp³-hybridized carbons (Fsp3) is 0.875. The molecule has 0 unspecified atom stereocenters. The molecular formula is C16H28N4. The Hall–Kier alpha value is -0.900. The van der Waals surface area contributed by atoms with Crippen molar-refractivity contribution in [3.8, 4) is 0 Å². The highest BCUT2D eigenvalue weighted by atomic mass is 15.2. The van der Waals surface area contributed by atoms with E-state index in [0.717, 1.165) is 24.6 Å². The second kappa shape index (κ2) is 6.25. The van der Waals surface area contributed by atoms with Crippen molar-refractivity contribution >= 4 is 0 Å². The SMILES string of the molecule is NCC1(Cc2nc(C3CCCCC3)n[nH]2)CCCCC1. The molecule has 2 aliphatic rings. The third kappa shape index (κ3) is 3.05. The zero-order chi connectivity index (χ0) is 13.8. The number of rotatable bonds is 4. The highest BCUT2D eigenvalue weighted by molar-refractivity contribution is 5.02. The first kappa shape index (κ1) is 14.1. The normalized spacial score (nSPS) is 23.9. The molecule has 0 aliphatic heterocycles. The Bertz CT molecular complexity index is 414. The average Bonchev–Trinajstić information content (AvgIpc) is 2.97. The predicted molar refractivity (Wildman–Crippen MR) is 80.5 cm³/mol. The van der Waals surface area contributed by atoms with Crippen LogP contribution in [0, 0.1) is 5.41 Å². The van der Waals surface area contributed by atoms with Crippen LogP contribution in [0.3, 0.4) is 0 Å². The third-order valence-electron chi connectivity index (χ3n) is 5.41. The molecule has 0 aromatic carbocycles. The van der Waals surface area contributed by atoms with Crippen molar-refractivity contribution < 1.29 is 0 Å². The number of aromatic nitrogens is 3. The first-order valence-electron chi connectivity index (χ1n) is 8.43. The maximum Gasteiger partial charge on any atom is 0.153 e. The molecule has 0 amide bonds. The van der Waals surface area contributed by atoms with E-state index >= 15 is 0 Å². The number of nitrogens with one attached hydrogen (secondary N) is 1. The van der Waals surface area contributed by atoms with E-state index in [-0.39, 0.29) is 5.41 Å². The molecule has 0 bridgehead atoms. The summed E-state index contributed by atoms with van der Waals surface area (Å²) in [6.45, 7) is 0.784. The summed E-state index contributed by atoms with van der Waals surface area (Å²) in [5.41, 5.74) is 6.35. The summed E-state index contributed by atoms with van der Waals surface area (Å²) in [5, 5.41) is 7.69. The van der Waals surface area contributed by atoms with Gasteiger partial charge in [0.2, 0.25) is 0 Å². The molecule has 4 heteroatoms. The van der Waals surface area contributed by atoms with Crippen LogP contribution in [0.5, 0.6) is 0 Å². The van der Waals surface area contributed by atoms with Crippen molar-refractivity contribution in [2.24, 2.45) is 11.1 Å². The van der Waals surface area contributed by atoms with Gasteiger partial charge in [0.15, 0.2) is 5.82 Å². The fourth-order valence-electron chi connectivity index (χ4n) is 4.04. The molecule has 112 valence electrons. The lowest BCUT2D eigenvalue weighted by molar-refractivity contribution is 0.193. The van der Waals surface area contributed by atoms with Gasteiger partial charge in [0.25, 0.3) is 0 Å². The zero-order valence-electron chi connectivity index (χ0n) is 12.5. The second-order valence-electron chi connectivity index (χ2n) is 6.92. The van der Waals surface area contributed by atoms with E-state index in [1.807, 2.05) is 0 Å². The minimum Gasteiger partial charge on any atom is -0.330 e. The molecule has 0 saturated heterocycles. The van der Waals surface area contributed by atoms with E-state index in [0.29, 0.717) is 5.92 Å². The molecule has 2 saturated carbocycles. The molecule has 1 aromatic heterocycles. The quantitative estimate of drug-likeness (QED) is 0.886. The minimum absolute atomic E-state index is 0.279. The van der Waals surface area contributed by atoms with E-state index in [1.54, 1.807) is 0 Å². The van der Waals surface area contributed by atoms with Gasteiger partial charge in [0.05, 0.1) is 0 Å². The van der Waals surface area contributed by atoms with Gasteiger partial charge in [0, 0.05) is 12.3 Å². The highest BCUT2D eigenvalue weighted by Gasteiger charge is 2.32. The van der Waals surface area contributed by atoms with Crippen LogP contribution in [0.15, 0.2) is 0 Å². The molecule has 2 fully saturated rings. The monoisotopic (exact) mass is 276 g/mol. The molecule has 3 N–H and O–H groups in total. The molecule has 4 nitrogen and oxygen atoms in total. The van der Waals surface area contributed by atoms with E-state index in [1.165, 1.54) is 64.2 Å². The van der Waals surface area contributed by atoms with E-state index in [4.69, 9.17) is 10.7 Å². The summed E-state index contributed by atoms with van der Waals surface area (Å²) in [7, 11) is 0. The summed E-state index contributed by atoms with van der Waals surface area (Å²) < 4.78 is 0. The fourth-order valence-corrected chi connectivity index (χ4v) is 4.04. The molecule has 0 atom stereocenters. The van der Waals surface area contributed by atoms with Crippen LogP contribution in [0.2, 0.25) is 0 Å². The maximum absolute atomic E-state index is 6.07. The van der Waals surface area contributed by atoms with Gasteiger partial charge in [-0.3, -0.25) is 5.10 Å². The van der Waals surface area contributed by atoms with Gasteiger partial charge in [-0.05, 0) is 37.6 Å². The van der Waals surface area contributed by atoms with Gasteiger partial charge in [-0.15, -0.1) is 0 Å². The molecule has 0 spiro atoms. The summed E-state index contributed by atoms with van der Waals surface area (Å²) >= 11 is 0. The van der Waals surface area contributed by atoms with E-state index < -0.39 is 0 Å². The van der Waals surface area contributed by atoms with Crippen LogP contribution >= 0.6 is 0 Å². The van der Waals surface area contributed by atoms with Crippen molar-refractivity contribution in [3.05, 3.63) is 11.6 Å². The summed E-state index contributed by atoms with van der Waals surface area (Å²) in [4.78, 5) is 4.80. The predicted octanol–water partition coefficient (Wildman–Crippen LogP) is 3.30. The lowest BCUT2D eigenvalue weighted by Gasteiger charge is -2.35. The van der Waals surface area contributed by atoms with E-state index in [2.05, 4.69) is 10.2 Å². The van der Waals surface area contributed by atoms with Gasteiger partial charge in [-0.1, -0.05) is 38.5 Å². The minimum atomic E-state index is 0.279. The molecule has 1 heterocycles. The number of H-pyrrole nitrogens is 1. The van der Waals surface area contributed by atoms with Crippen molar-refractivity contribution in [1.29, 1.82) is 0 Å². The van der Waals surface area contributed by atoms with Gasteiger partial charge < -0.3 is 5.73 Å². The van der Waals surface area contributed by atoms with E-state index in [9.17, 15) is 0 Å². The number of hydrogen-bond donors (Lipinski definition) is 2. The number of nitrogens with two attached hydrogens (primary N) is 1. The Morgan fingerprint density at radius 1 is 1.05 bits per heavy atom. The molecule has 1 aromatic rings. The second-order valence-corrected chi connectivity index (χ2v) is 6.92. The average molecular weight is 276 g/mol. The zero-order valence-corrected chi connectivity index (χ0v) is 12.5. The molecule has 2 aliphatic carbocycles. The number of hydrogen-bond acceptors (Lipinski definition) is 3. The van der Waals surface area contributed by atoms with Gasteiger partial charge in [0.1, 0.15) is 5.82 Å². The summed E-state index contributed by atoms with van der Waals surface area (Å²) in [5.74, 6) is 2.72. The highest BCUT2D eigenvalue weighted by Crippen LogP contribution is 2.38. The van der Waals surface area contributed by atoms with Gasteiger partial charge >= 0.3 is 0 Å². The van der Waals surface area contributed by atoms with Crippen LogP contribution in [-0.2, 0) is 6.42 Å². The van der Waals surface area contributed by atoms with Crippen molar-refractivity contribution in [1.82, 2.24) is 15.2 Å². The van der Waals surface area contributed by atoms with Crippen LogP contribution < -0.4 is 5.73 Å². The molecule has 3 rings (SSSR count). The Balaban J connectivity index is 1.66. The van der Waals surface area contributed by atoms with Crippen LogP contribution in [0.1, 0.15) is 81.8 Å². The van der Waals surface area contributed by atoms with Crippen LogP contribution in [0.4, 0.5) is 0 Å². The Kier molecular flexibility index (Phi) is 4.39. The first-order valence-corrected chi connectivity index (χ1v) is 8.43. The van der Waals surface area contributed by atoms with Crippen molar-refractivity contribution in [3.63, 3.8) is 0 Å². The van der Waals surface area contributed by atoms with Crippen molar-refractivity contribution in [2.75, 3.05) is 6.54 Å². The maximum atomic E-state index is 6.07. The molecule has 20 heavy (non-hydrogen) atoms. The largest absolute Gasteiger partial charge is 0.330 e. The number of aromatic amines is 1. The lowest BCUT2D eigenvalue weighted by atomic mass is 9.72. The summed E-state index contributed by atoms with van der Waals surface area (Å²) in [6.07, 6.45) is 14.1. The van der Waals surface area contributed by atoms with Crippen LogP contribution in [0.25, 0.3) is 0 Å². The lowest BCUT2D eigenvalue weighted by Crippen LogP contribution is -2.35. The first-order chi connectivity index (χ1) is 9.81. The Morgan fingerprint density at radius 3 is 2.45 bits per heavy atom. The topological polar surface area (TPSA) is 67.6 Å². The Morgan fingerprint density at radius 2 is 1.75 bits per heavy atom. The Labute approximate surface area is 121 Å². The van der Waals surface area contributed by atoms with Crippen LogP contribution in [-0.4, -0.2) is 21.7 Å². The smallest absolute Gasteiger partial charge is 0.153 e. The van der Waals surface area contributed by atoms with Crippen molar-refractivity contribution in [2.45, 2.75) is 76.5 Å². The molecular weight excluding hydrogens is 248 g/mol. The standard InChI is InChI=1S/C16H28N4/c17-12-16(9-5-2-6-10-16)11-14-18-15(20-19-14)13-7-3-1-4-8-13/h13H,1-12,17H2,(H,18,19,20). The van der Waals surface area contributed by atoms with Gasteiger partial charge in [-0.25, -0.2) is 4.98 Å². The van der Waals surface area contributed by atoms with Gasteiger partial charge in [-0.2, -0.15) is 5.10 Å². The third-order valence-corrected chi connectivity index (χ3v) is 5.41. The number of nitrogens with zero attached hydrogens (tertiary/aromatic N) is 2.